The van der Waals surface area contributed by atoms with Crippen LogP contribution in [0.2, 0.25) is 5.02 Å². The van der Waals surface area contributed by atoms with E-state index in [1.165, 1.54) is 11.1 Å². The molecule has 3 heteroatoms. The van der Waals surface area contributed by atoms with Gasteiger partial charge in [-0.25, -0.2) is 0 Å². The Morgan fingerprint density at radius 1 is 1.05 bits per heavy atom. The lowest BCUT2D eigenvalue weighted by Crippen LogP contribution is -2.20. The minimum atomic E-state index is -0.652. The fourth-order valence-corrected chi connectivity index (χ4v) is 2.56. The average Bonchev–Trinajstić information content (AvgIpc) is 2.43. The molecule has 0 aromatic heterocycles. The van der Waals surface area contributed by atoms with Gasteiger partial charge in [-0.3, -0.25) is 0 Å². The van der Waals surface area contributed by atoms with Gasteiger partial charge in [0, 0.05) is 17.5 Å². The molecule has 0 spiro atoms. The Morgan fingerprint density at radius 2 is 1.80 bits per heavy atom. The molecule has 0 saturated heterocycles. The van der Waals surface area contributed by atoms with Gasteiger partial charge in [-0.2, -0.15) is 0 Å². The zero-order chi connectivity index (χ0) is 14.7. The summed E-state index contributed by atoms with van der Waals surface area (Å²) in [6.45, 7) is 4.53. The summed E-state index contributed by atoms with van der Waals surface area (Å²) in [5, 5.41) is 11.2. The molecule has 20 heavy (non-hydrogen) atoms. The Hall–Kier alpha value is -1.35. The SMILES string of the molecule is Cc1ccc(C(CN)C(O)c2cccc(Cl)c2)cc1C. The molecule has 0 aliphatic rings. The Balaban J connectivity index is 2.33. The van der Waals surface area contributed by atoms with Gasteiger partial charge < -0.3 is 10.8 Å². The van der Waals surface area contributed by atoms with E-state index < -0.39 is 6.10 Å². The van der Waals surface area contributed by atoms with Crippen molar-refractivity contribution in [3.05, 3.63) is 69.7 Å². The number of rotatable bonds is 4. The van der Waals surface area contributed by atoms with Crippen LogP contribution in [0.1, 0.15) is 34.3 Å². The zero-order valence-corrected chi connectivity index (χ0v) is 12.6. The Labute approximate surface area is 125 Å². The molecule has 2 unspecified atom stereocenters. The van der Waals surface area contributed by atoms with Crippen LogP contribution in [0.4, 0.5) is 0 Å². The summed E-state index contributed by atoms with van der Waals surface area (Å²) in [5.41, 5.74) is 10.2. The van der Waals surface area contributed by atoms with Crippen molar-refractivity contribution in [2.75, 3.05) is 6.54 Å². The van der Waals surface area contributed by atoms with Crippen LogP contribution in [-0.4, -0.2) is 11.7 Å². The van der Waals surface area contributed by atoms with Gasteiger partial charge in [0.15, 0.2) is 0 Å². The number of hydrogen-bond acceptors (Lipinski definition) is 2. The minimum absolute atomic E-state index is 0.132. The first-order valence-electron chi connectivity index (χ1n) is 6.73. The van der Waals surface area contributed by atoms with E-state index in [1.807, 2.05) is 18.2 Å². The van der Waals surface area contributed by atoms with Gasteiger partial charge in [0.05, 0.1) is 6.10 Å². The van der Waals surface area contributed by atoms with Crippen molar-refractivity contribution in [1.29, 1.82) is 0 Å². The van der Waals surface area contributed by atoms with Crippen molar-refractivity contribution in [1.82, 2.24) is 0 Å². The number of hydrogen-bond donors (Lipinski definition) is 2. The monoisotopic (exact) mass is 289 g/mol. The molecule has 0 aliphatic heterocycles. The highest BCUT2D eigenvalue weighted by Crippen LogP contribution is 2.32. The fourth-order valence-electron chi connectivity index (χ4n) is 2.37. The van der Waals surface area contributed by atoms with Gasteiger partial charge in [-0.05, 0) is 48.2 Å². The Morgan fingerprint density at radius 3 is 2.40 bits per heavy atom. The largest absolute Gasteiger partial charge is 0.388 e. The highest BCUT2D eigenvalue weighted by molar-refractivity contribution is 6.30. The van der Waals surface area contributed by atoms with Crippen molar-refractivity contribution in [3.63, 3.8) is 0 Å². The predicted octanol–water partition coefficient (Wildman–Crippen LogP) is 3.73. The molecule has 0 aliphatic carbocycles. The number of halogens is 1. The topological polar surface area (TPSA) is 46.2 Å². The van der Waals surface area contributed by atoms with Crippen molar-refractivity contribution in [2.24, 2.45) is 5.73 Å². The molecule has 0 bridgehead atoms. The van der Waals surface area contributed by atoms with Crippen LogP contribution in [0.5, 0.6) is 0 Å². The summed E-state index contributed by atoms with van der Waals surface area (Å²) < 4.78 is 0. The molecule has 106 valence electrons. The molecule has 2 nitrogen and oxygen atoms in total. The van der Waals surface area contributed by atoms with Crippen LogP contribution in [0, 0.1) is 13.8 Å². The van der Waals surface area contributed by atoms with Gasteiger partial charge in [0.1, 0.15) is 0 Å². The van der Waals surface area contributed by atoms with E-state index in [2.05, 4.69) is 26.0 Å². The standard InChI is InChI=1S/C17H20ClNO/c1-11-6-7-13(8-12(11)2)16(10-19)17(20)14-4-3-5-15(18)9-14/h3-9,16-17,20H,10,19H2,1-2H3. The summed E-state index contributed by atoms with van der Waals surface area (Å²) in [6.07, 6.45) is -0.652. The molecule has 2 rings (SSSR count). The van der Waals surface area contributed by atoms with Crippen LogP contribution < -0.4 is 5.73 Å². The zero-order valence-electron chi connectivity index (χ0n) is 11.8. The van der Waals surface area contributed by atoms with E-state index >= 15 is 0 Å². The maximum absolute atomic E-state index is 10.6. The third kappa shape index (κ3) is 3.21. The highest BCUT2D eigenvalue weighted by atomic mass is 35.5. The van der Waals surface area contributed by atoms with Crippen LogP contribution in [0.3, 0.4) is 0 Å². The van der Waals surface area contributed by atoms with Crippen molar-refractivity contribution in [2.45, 2.75) is 25.9 Å². The van der Waals surface area contributed by atoms with E-state index in [1.54, 1.807) is 12.1 Å². The summed E-state index contributed by atoms with van der Waals surface area (Å²) >= 11 is 5.99. The van der Waals surface area contributed by atoms with E-state index in [4.69, 9.17) is 17.3 Å². The third-order valence-electron chi connectivity index (χ3n) is 3.78. The van der Waals surface area contributed by atoms with E-state index in [9.17, 15) is 5.11 Å². The quantitative estimate of drug-likeness (QED) is 0.901. The molecule has 0 heterocycles. The number of aliphatic hydroxyl groups is 1. The first kappa shape index (κ1) is 15.0. The van der Waals surface area contributed by atoms with Crippen molar-refractivity contribution < 1.29 is 5.11 Å². The van der Waals surface area contributed by atoms with Gasteiger partial charge in [0.2, 0.25) is 0 Å². The summed E-state index contributed by atoms with van der Waals surface area (Å²) in [7, 11) is 0. The summed E-state index contributed by atoms with van der Waals surface area (Å²) in [6, 6.07) is 13.5. The van der Waals surface area contributed by atoms with Crippen LogP contribution in [0.25, 0.3) is 0 Å². The molecule has 0 fully saturated rings. The second-order valence-corrected chi connectivity index (χ2v) is 5.62. The number of aliphatic hydroxyl groups excluding tert-OH is 1. The molecule has 2 atom stereocenters. The van der Waals surface area contributed by atoms with Gasteiger partial charge in [-0.15, -0.1) is 0 Å². The van der Waals surface area contributed by atoms with E-state index in [0.29, 0.717) is 11.6 Å². The molecule has 0 amide bonds. The molecule has 2 aromatic rings. The Bertz CT molecular complexity index is 597. The van der Waals surface area contributed by atoms with Gasteiger partial charge >= 0.3 is 0 Å². The molecular formula is C17H20ClNO. The maximum atomic E-state index is 10.6. The van der Waals surface area contributed by atoms with Gasteiger partial charge in [-0.1, -0.05) is 41.9 Å². The second-order valence-electron chi connectivity index (χ2n) is 5.19. The number of benzene rings is 2. The number of aryl methyl sites for hydroxylation is 2. The second kappa shape index (κ2) is 6.40. The molecule has 0 radical (unpaired) electrons. The summed E-state index contributed by atoms with van der Waals surface area (Å²) in [4.78, 5) is 0. The highest BCUT2D eigenvalue weighted by Gasteiger charge is 2.22. The van der Waals surface area contributed by atoms with Crippen LogP contribution in [0.15, 0.2) is 42.5 Å². The lowest BCUT2D eigenvalue weighted by atomic mass is 9.88. The van der Waals surface area contributed by atoms with Crippen molar-refractivity contribution in [3.8, 4) is 0 Å². The number of nitrogens with two attached hydrogens (primary N) is 1. The van der Waals surface area contributed by atoms with Crippen LogP contribution >= 0.6 is 11.6 Å². The lowest BCUT2D eigenvalue weighted by Gasteiger charge is -2.23. The third-order valence-corrected chi connectivity index (χ3v) is 4.02. The molecule has 3 N–H and O–H groups in total. The van der Waals surface area contributed by atoms with E-state index in [-0.39, 0.29) is 5.92 Å². The van der Waals surface area contributed by atoms with E-state index in [0.717, 1.165) is 11.1 Å². The predicted molar refractivity (Wildman–Crippen MR) is 84.1 cm³/mol. The molecule has 0 saturated carbocycles. The Kier molecular flexibility index (Phi) is 4.81. The summed E-state index contributed by atoms with van der Waals surface area (Å²) in [5.74, 6) is -0.132. The maximum Gasteiger partial charge on any atom is 0.0871 e. The minimum Gasteiger partial charge on any atom is -0.388 e. The van der Waals surface area contributed by atoms with Gasteiger partial charge in [0.25, 0.3) is 0 Å². The normalized spacial score (nSPS) is 14.1. The van der Waals surface area contributed by atoms with Crippen LogP contribution in [-0.2, 0) is 0 Å². The first-order valence-corrected chi connectivity index (χ1v) is 7.11. The van der Waals surface area contributed by atoms with Crippen molar-refractivity contribution >= 4 is 11.6 Å². The smallest absolute Gasteiger partial charge is 0.0871 e. The average molecular weight is 290 g/mol. The first-order chi connectivity index (χ1) is 9.52. The molecule has 2 aromatic carbocycles. The lowest BCUT2D eigenvalue weighted by molar-refractivity contribution is 0.147. The fraction of sp³-hybridized carbons (Fsp3) is 0.294. The molecular weight excluding hydrogens is 270 g/mol.